The molecular formula is C44H32. The Kier molecular flexibility index (Phi) is 6.35. The standard InChI is InChI=1S/C44H32/c1-29-11-3-6-14-37(29)42-28-35(20-19-30(42)2)32-21-24-33(25-22-32)43-38-15-7-9-17-40(38)44(41-18-10-8-16-39(41)43)36-26-23-31-12-4-5-13-34(31)27-36/h3-28H,1-2H3. The minimum atomic E-state index is 1.23. The molecule has 0 aliphatic carbocycles. The van der Waals surface area contributed by atoms with E-state index in [9.17, 15) is 0 Å². The Hall–Kier alpha value is -5.46. The molecule has 0 amide bonds. The van der Waals surface area contributed by atoms with Crippen molar-refractivity contribution in [1.29, 1.82) is 0 Å². The van der Waals surface area contributed by atoms with Crippen molar-refractivity contribution in [3.8, 4) is 44.5 Å². The smallest absolute Gasteiger partial charge is 0.00262 e. The largest absolute Gasteiger partial charge is 0.0620 e. The van der Waals surface area contributed by atoms with Crippen molar-refractivity contribution >= 4 is 32.3 Å². The SMILES string of the molecule is Cc1ccccc1-c1cc(-c2ccc(-c3c4ccccc4c(-c4ccc5ccccc5c4)c4ccccc34)cc2)ccc1C. The second kappa shape index (κ2) is 10.7. The maximum atomic E-state index is 2.34. The first-order valence-corrected chi connectivity index (χ1v) is 15.4. The molecule has 0 bridgehead atoms. The maximum absolute atomic E-state index is 2.34. The van der Waals surface area contributed by atoms with Gasteiger partial charge in [0.2, 0.25) is 0 Å². The fraction of sp³-hybridized carbons (Fsp3) is 0.0455. The van der Waals surface area contributed by atoms with Gasteiger partial charge < -0.3 is 0 Å². The molecule has 0 N–H and O–H groups in total. The number of benzene rings is 8. The topological polar surface area (TPSA) is 0 Å². The van der Waals surface area contributed by atoms with Gasteiger partial charge in [-0.05, 0) is 114 Å². The van der Waals surface area contributed by atoms with Crippen molar-refractivity contribution in [3.63, 3.8) is 0 Å². The summed E-state index contributed by atoms with van der Waals surface area (Å²) in [7, 11) is 0. The minimum absolute atomic E-state index is 1.23. The molecule has 0 nitrogen and oxygen atoms in total. The van der Waals surface area contributed by atoms with Crippen LogP contribution in [-0.2, 0) is 0 Å². The van der Waals surface area contributed by atoms with Gasteiger partial charge in [0.05, 0.1) is 0 Å². The Bertz CT molecular complexity index is 2280. The van der Waals surface area contributed by atoms with Gasteiger partial charge in [0.1, 0.15) is 0 Å². The summed E-state index contributed by atoms with van der Waals surface area (Å²) in [4.78, 5) is 0. The first kappa shape index (κ1) is 26.2. The van der Waals surface area contributed by atoms with Crippen LogP contribution in [0, 0.1) is 13.8 Å². The average molecular weight is 561 g/mol. The summed E-state index contributed by atoms with van der Waals surface area (Å²) in [6.45, 7) is 4.39. The minimum Gasteiger partial charge on any atom is -0.0620 e. The molecule has 0 heterocycles. The highest BCUT2D eigenvalue weighted by atomic mass is 14.2. The van der Waals surface area contributed by atoms with E-state index in [1.54, 1.807) is 0 Å². The van der Waals surface area contributed by atoms with Crippen LogP contribution in [0.5, 0.6) is 0 Å². The molecule has 8 rings (SSSR count). The van der Waals surface area contributed by atoms with Gasteiger partial charge in [0.25, 0.3) is 0 Å². The lowest BCUT2D eigenvalue weighted by Crippen LogP contribution is -1.91. The molecule has 0 heteroatoms. The van der Waals surface area contributed by atoms with E-state index in [2.05, 4.69) is 172 Å². The lowest BCUT2D eigenvalue weighted by Gasteiger charge is -2.18. The zero-order valence-corrected chi connectivity index (χ0v) is 25.0. The summed E-state index contributed by atoms with van der Waals surface area (Å²) in [5.74, 6) is 0. The van der Waals surface area contributed by atoms with Gasteiger partial charge in [0, 0.05) is 0 Å². The highest BCUT2D eigenvalue weighted by Crippen LogP contribution is 2.44. The normalized spacial score (nSPS) is 11.4. The highest BCUT2D eigenvalue weighted by molar-refractivity contribution is 6.21. The molecular weight excluding hydrogens is 528 g/mol. The molecule has 0 aliphatic heterocycles. The quantitative estimate of drug-likeness (QED) is 0.188. The third-order valence-corrected chi connectivity index (χ3v) is 9.15. The second-order valence-corrected chi connectivity index (χ2v) is 11.8. The molecule has 8 aromatic carbocycles. The van der Waals surface area contributed by atoms with Crippen LogP contribution in [-0.4, -0.2) is 0 Å². The van der Waals surface area contributed by atoms with Crippen molar-refractivity contribution in [2.24, 2.45) is 0 Å². The van der Waals surface area contributed by atoms with Crippen LogP contribution >= 0.6 is 0 Å². The summed E-state index contributed by atoms with van der Waals surface area (Å²) in [5.41, 5.74) is 12.7. The lowest BCUT2D eigenvalue weighted by molar-refractivity contribution is 1.41. The molecule has 0 radical (unpaired) electrons. The van der Waals surface area contributed by atoms with Crippen molar-refractivity contribution in [2.75, 3.05) is 0 Å². The van der Waals surface area contributed by atoms with Crippen LogP contribution in [0.3, 0.4) is 0 Å². The molecule has 0 saturated carbocycles. The van der Waals surface area contributed by atoms with Crippen LogP contribution in [0.2, 0.25) is 0 Å². The Labute approximate surface area is 258 Å². The van der Waals surface area contributed by atoms with Crippen molar-refractivity contribution in [3.05, 3.63) is 169 Å². The molecule has 208 valence electrons. The van der Waals surface area contributed by atoms with E-state index in [0.717, 1.165) is 0 Å². The van der Waals surface area contributed by atoms with Gasteiger partial charge in [0.15, 0.2) is 0 Å². The lowest BCUT2D eigenvalue weighted by atomic mass is 9.85. The van der Waals surface area contributed by atoms with Crippen molar-refractivity contribution in [2.45, 2.75) is 13.8 Å². The number of fused-ring (bicyclic) bond motifs is 3. The van der Waals surface area contributed by atoms with E-state index in [0.29, 0.717) is 0 Å². The third-order valence-electron chi connectivity index (χ3n) is 9.15. The highest BCUT2D eigenvalue weighted by Gasteiger charge is 2.17. The first-order chi connectivity index (χ1) is 21.7. The molecule has 0 saturated heterocycles. The molecule has 0 spiro atoms. The van der Waals surface area contributed by atoms with E-state index in [-0.39, 0.29) is 0 Å². The van der Waals surface area contributed by atoms with Gasteiger partial charge >= 0.3 is 0 Å². The number of hydrogen-bond donors (Lipinski definition) is 0. The number of aryl methyl sites for hydroxylation is 2. The molecule has 0 aliphatic rings. The van der Waals surface area contributed by atoms with E-state index in [1.807, 2.05) is 0 Å². The summed E-state index contributed by atoms with van der Waals surface area (Å²) < 4.78 is 0. The van der Waals surface area contributed by atoms with Crippen LogP contribution in [0.15, 0.2) is 158 Å². The number of rotatable bonds is 4. The van der Waals surface area contributed by atoms with Gasteiger partial charge in [-0.3, -0.25) is 0 Å². The molecule has 0 atom stereocenters. The van der Waals surface area contributed by atoms with Gasteiger partial charge in [-0.25, -0.2) is 0 Å². The molecule has 0 unspecified atom stereocenters. The van der Waals surface area contributed by atoms with Crippen molar-refractivity contribution in [1.82, 2.24) is 0 Å². The fourth-order valence-corrected chi connectivity index (χ4v) is 6.89. The van der Waals surface area contributed by atoms with E-state index >= 15 is 0 Å². The van der Waals surface area contributed by atoms with Gasteiger partial charge in [-0.1, -0.05) is 146 Å². The second-order valence-electron chi connectivity index (χ2n) is 11.8. The Morgan fingerprint density at radius 1 is 0.295 bits per heavy atom. The monoisotopic (exact) mass is 560 g/mol. The van der Waals surface area contributed by atoms with Crippen molar-refractivity contribution < 1.29 is 0 Å². The first-order valence-electron chi connectivity index (χ1n) is 15.4. The van der Waals surface area contributed by atoms with Crippen LogP contribution in [0.25, 0.3) is 76.8 Å². The van der Waals surface area contributed by atoms with E-state index in [4.69, 9.17) is 0 Å². The molecule has 0 aromatic heterocycles. The van der Waals surface area contributed by atoms with Gasteiger partial charge in [-0.2, -0.15) is 0 Å². The average Bonchev–Trinajstić information content (AvgIpc) is 3.08. The summed E-state index contributed by atoms with van der Waals surface area (Å²) in [6, 6.07) is 57.9. The zero-order chi connectivity index (χ0) is 29.6. The maximum Gasteiger partial charge on any atom is -0.00262 e. The van der Waals surface area contributed by atoms with Crippen LogP contribution in [0.1, 0.15) is 11.1 Å². The third kappa shape index (κ3) is 4.39. The van der Waals surface area contributed by atoms with Crippen LogP contribution < -0.4 is 0 Å². The predicted molar refractivity (Wildman–Crippen MR) is 190 cm³/mol. The summed E-state index contributed by atoms with van der Waals surface area (Å²) in [5, 5.41) is 7.64. The Morgan fingerprint density at radius 2 is 0.773 bits per heavy atom. The van der Waals surface area contributed by atoms with Crippen LogP contribution in [0.4, 0.5) is 0 Å². The van der Waals surface area contributed by atoms with Gasteiger partial charge in [-0.15, -0.1) is 0 Å². The Balaban J connectivity index is 1.29. The summed E-state index contributed by atoms with van der Waals surface area (Å²) >= 11 is 0. The molecule has 44 heavy (non-hydrogen) atoms. The molecule has 0 fully saturated rings. The predicted octanol–water partition coefficient (Wildman–Crippen LogP) is 12.4. The fourth-order valence-electron chi connectivity index (χ4n) is 6.89. The van der Waals surface area contributed by atoms with E-state index < -0.39 is 0 Å². The molecule has 8 aromatic rings. The summed E-state index contributed by atoms with van der Waals surface area (Å²) in [6.07, 6.45) is 0. The zero-order valence-electron chi connectivity index (χ0n) is 25.0. The van der Waals surface area contributed by atoms with E-state index in [1.165, 1.54) is 88.0 Å². The number of hydrogen-bond acceptors (Lipinski definition) is 0. The Morgan fingerprint density at radius 3 is 1.43 bits per heavy atom.